The van der Waals surface area contributed by atoms with E-state index in [1.807, 2.05) is 61.4 Å². The molecule has 0 N–H and O–H groups in total. The lowest BCUT2D eigenvalue weighted by atomic mass is 10.1. The Kier molecular flexibility index (Phi) is 3.47. The molecule has 0 spiro atoms. The van der Waals surface area contributed by atoms with Crippen LogP contribution in [-0.2, 0) is 9.53 Å². The minimum absolute atomic E-state index is 0.131. The van der Waals surface area contributed by atoms with E-state index in [1.54, 1.807) is 0 Å². The van der Waals surface area contributed by atoms with Crippen molar-refractivity contribution in [2.24, 2.45) is 0 Å². The van der Waals surface area contributed by atoms with Gasteiger partial charge in [-0.15, -0.1) is 0 Å². The van der Waals surface area contributed by atoms with Crippen molar-refractivity contribution < 1.29 is 9.53 Å². The minimum atomic E-state index is -0.159. The molecule has 0 bridgehead atoms. The van der Waals surface area contributed by atoms with Crippen LogP contribution in [0.5, 0.6) is 0 Å². The fourth-order valence-corrected chi connectivity index (χ4v) is 2.09. The average Bonchev–Trinajstić information content (AvgIpc) is 3.05. The Balaban J connectivity index is 2.14. The summed E-state index contributed by atoms with van der Waals surface area (Å²) in [6.45, 7) is 4.21. The molecule has 0 saturated carbocycles. The molecule has 2 rings (SSSR count). The largest absolute Gasteiger partial charge is 0.464 e. The van der Waals surface area contributed by atoms with Gasteiger partial charge in [0.25, 0.3) is 0 Å². The summed E-state index contributed by atoms with van der Waals surface area (Å²) in [5.74, 6) is -0.139. The quantitative estimate of drug-likeness (QED) is 0.589. The van der Waals surface area contributed by atoms with Crippen LogP contribution >= 0.6 is 0 Å². The van der Waals surface area contributed by atoms with E-state index in [9.17, 15) is 4.79 Å². The molecule has 0 radical (unpaired) electrons. The van der Waals surface area contributed by atoms with Crippen molar-refractivity contribution in [1.82, 2.24) is 4.90 Å². The van der Waals surface area contributed by atoms with Crippen molar-refractivity contribution in [3.8, 4) is 0 Å². The topological polar surface area (TPSA) is 29.3 Å². The van der Waals surface area contributed by atoms with Gasteiger partial charge < -0.3 is 9.64 Å². The Morgan fingerprint density at radius 1 is 1.41 bits per heavy atom. The molecule has 1 aliphatic rings. The smallest absolute Gasteiger partial charge is 0.331 e. The van der Waals surface area contributed by atoms with Crippen LogP contribution in [0, 0.1) is 0 Å². The lowest BCUT2D eigenvalue weighted by Crippen LogP contribution is -2.14. The number of allylic oxidation sites excluding steroid dienone is 1. The summed E-state index contributed by atoms with van der Waals surface area (Å²) in [5.41, 5.74) is 1.16. The van der Waals surface area contributed by atoms with Gasteiger partial charge in [0.2, 0.25) is 0 Å². The maximum Gasteiger partial charge on any atom is 0.331 e. The first-order chi connectivity index (χ1) is 8.29. The molecule has 0 unspecified atom stereocenters. The highest BCUT2D eigenvalue weighted by Crippen LogP contribution is 2.43. The van der Waals surface area contributed by atoms with Crippen molar-refractivity contribution in [1.29, 1.82) is 0 Å². The van der Waals surface area contributed by atoms with Crippen molar-refractivity contribution in [2.75, 3.05) is 6.61 Å². The molecule has 90 valence electrons. The predicted molar refractivity (Wildman–Crippen MR) is 66.3 cm³/mol. The SMILES string of the molecule is C/C=C\N1[C@H](C(=O)OCC)[C@H]1c1ccccc1. The van der Waals surface area contributed by atoms with Crippen LogP contribution in [0.3, 0.4) is 0 Å². The van der Waals surface area contributed by atoms with Gasteiger partial charge in [-0.2, -0.15) is 0 Å². The maximum absolute atomic E-state index is 11.8. The lowest BCUT2D eigenvalue weighted by molar-refractivity contribution is -0.143. The summed E-state index contributed by atoms with van der Waals surface area (Å²) < 4.78 is 5.08. The minimum Gasteiger partial charge on any atom is -0.464 e. The van der Waals surface area contributed by atoms with Gasteiger partial charge in [-0.1, -0.05) is 36.4 Å². The summed E-state index contributed by atoms with van der Waals surface area (Å²) >= 11 is 0. The monoisotopic (exact) mass is 231 g/mol. The maximum atomic E-state index is 11.8. The molecular formula is C14H17NO2. The number of benzene rings is 1. The van der Waals surface area contributed by atoms with Gasteiger partial charge in [0.1, 0.15) is 0 Å². The van der Waals surface area contributed by atoms with E-state index in [-0.39, 0.29) is 18.1 Å². The molecule has 3 heteroatoms. The third-order valence-electron chi connectivity index (χ3n) is 2.84. The standard InChI is InChI=1S/C14H17NO2/c1-3-10-15-12(11-8-6-5-7-9-11)13(15)14(16)17-4-2/h3,5-10,12-13H,4H2,1-2H3/b10-3-/t12-,13+,15?/m1/s1. The number of nitrogens with zero attached hydrogens (tertiary/aromatic N) is 1. The summed E-state index contributed by atoms with van der Waals surface area (Å²) in [6, 6.07) is 10.0. The molecule has 3 nitrogen and oxygen atoms in total. The second-order valence-corrected chi connectivity index (χ2v) is 3.98. The number of hydrogen-bond donors (Lipinski definition) is 0. The van der Waals surface area contributed by atoms with E-state index in [1.165, 1.54) is 0 Å². The fourth-order valence-electron chi connectivity index (χ4n) is 2.09. The number of hydrogen-bond acceptors (Lipinski definition) is 3. The summed E-state index contributed by atoms with van der Waals surface area (Å²) in [5, 5.41) is 0. The van der Waals surface area contributed by atoms with E-state index in [0.29, 0.717) is 6.61 Å². The Morgan fingerprint density at radius 2 is 2.12 bits per heavy atom. The van der Waals surface area contributed by atoms with Gasteiger partial charge in [0.05, 0.1) is 12.6 Å². The van der Waals surface area contributed by atoms with E-state index >= 15 is 0 Å². The molecule has 1 saturated heterocycles. The zero-order valence-electron chi connectivity index (χ0n) is 10.2. The summed E-state index contributed by atoms with van der Waals surface area (Å²) in [6.07, 6.45) is 3.88. The Bertz CT molecular complexity index is 413. The van der Waals surface area contributed by atoms with Crippen molar-refractivity contribution >= 4 is 5.97 Å². The van der Waals surface area contributed by atoms with Crippen LogP contribution in [0.4, 0.5) is 0 Å². The Morgan fingerprint density at radius 3 is 2.71 bits per heavy atom. The van der Waals surface area contributed by atoms with Crippen LogP contribution in [0.25, 0.3) is 0 Å². The van der Waals surface area contributed by atoms with Crippen molar-refractivity contribution in [3.63, 3.8) is 0 Å². The number of esters is 1. The highest BCUT2D eigenvalue weighted by Gasteiger charge is 2.52. The zero-order chi connectivity index (χ0) is 12.3. The van der Waals surface area contributed by atoms with Crippen molar-refractivity contribution in [3.05, 3.63) is 48.2 Å². The average molecular weight is 231 g/mol. The first kappa shape index (κ1) is 11.7. The number of ether oxygens (including phenoxy) is 1. The molecular weight excluding hydrogens is 214 g/mol. The molecule has 0 aliphatic carbocycles. The highest BCUT2D eigenvalue weighted by atomic mass is 16.5. The fraction of sp³-hybridized carbons (Fsp3) is 0.357. The van der Waals surface area contributed by atoms with Crippen LogP contribution in [-0.4, -0.2) is 23.5 Å². The third-order valence-corrected chi connectivity index (χ3v) is 2.84. The van der Waals surface area contributed by atoms with E-state index in [4.69, 9.17) is 4.74 Å². The van der Waals surface area contributed by atoms with E-state index in [2.05, 4.69) is 0 Å². The summed E-state index contributed by atoms with van der Waals surface area (Å²) in [4.78, 5) is 13.8. The van der Waals surface area contributed by atoms with E-state index < -0.39 is 0 Å². The molecule has 2 atom stereocenters. The number of carbonyl (C=O) groups excluding carboxylic acids is 1. The van der Waals surface area contributed by atoms with Gasteiger partial charge in [-0.05, 0) is 25.6 Å². The first-order valence-electron chi connectivity index (χ1n) is 5.91. The molecule has 1 aliphatic heterocycles. The molecule has 0 amide bonds. The Labute approximate surface area is 102 Å². The molecule has 1 heterocycles. The van der Waals surface area contributed by atoms with Crippen LogP contribution < -0.4 is 0 Å². The summed E-state index contributed by atoms with van der Waals surface area (Å²) in [7, 11) is 0. The van der Waals surface area contributed by atoms with Crippen molar-refractivity contribution in [2.45, 2.75) is 25.9 Å². The molecule has 1 fully saturated rings. The van der Waals surface area contributed by atoms with Gasteiger partial charge in [0, 0.05) is 0 Å². The second kappa shape index (κ2) is 5.04. The van der Waals surface area contributed by atoms with Crippen LogP contribution in [0.15, 0.2) is 42.6 Å². The first-order valence-corrected chi connectivity index (χ1v) is 5.91. The molecule has 0 aromatic heterocycles. The van der Waals surface area contributed by atoms with Gasteiger partial charge in [0.15, 0.2) is 6.04 Å². The Hall–Kier alpha value is -1.77. The third kappa shape index (κ3) is 2.33. The molecule has 1 aromatic carbocycles. The molecule has 17 heavy (non-hydrogen) atoms. The lowest BCUT2D eigenvalue weighted by Gasteiger charge is -1.98. The molecule has 1 aromatic rings. The number of carbonyl (C=O) groups is 1. The van der Waals surface area contributed by atoms with E-state index in [0.717, 1.165) is 5.56 Å². The highest BCUT2D eigenvalue weighted by molar-refractivity contribution is 5.81. The van der Waals surface area contributed by atoms with Gasteiger partial charge in [-0.25, -0.2) is 4.79 Å². The van der Waals surface area contributed by atoms with Gasteiger partial charge >= 0.3 is 5.97 Å². The van der Waals surface area contributed by atoms with Gasteiger partial charge in [-0.3, -0.25) is 0 Å². The number of rotatable bonds is 4. The second-order valence-electron chi connectivity index (χ2n) is 3.98. The van der Waals surface area contributed by atoms with Crippen LogP contribution in [0.2, 0.25) is 0 Å². The zero-order valence-corrected chi connectivity index (χ0v) is 10.2. The predicted octanol–water partition coefficient (Wildman–Crippen LogP) is 2.51. The normalized spacial score (nSPS) is 22.8. The van der Waals surface area contributed by atoms with Crippen LogP contribution in [0.1, 0.15) is 25.5 Å².